The number of hydrogen-bond donors (Lipinski definition) is 0. The molecule has 0 aliphatic carbocycles. The molecule has 3 aromatic heterocycles. The van der Waals surface area contributed by atoms with E-state index in [-0.39, 0.29) is 5.75 Å². The fourth-order valence-electron chi connectivity index (χ4n) is 5.24. The van der Waals surface area contributed by atoms with Crippen LogP contribution >= 0.6 is 0 Å². The molecular weight excluding hydrogens is 550 g/mol. The lowest BCUT2D eigenvalue weighted by Crippen LogP contribution is -1.97. The fraction of sp³-hybridized carbons (Fsp3) is 0.0541. The molecule has 0 amide bonds. The molecule has 3 aromatic carbocycles. The number of aromatic nitrogens is 3. The zero-order valence-corrected chi connectivity index (χ0v) is 23.9. The van der Waals surface area contributed by atoms with Gasteiger partial charge >= 0.3 is 0 Å². The van der Waals surface area contributed by atoms with Crippen LogP contribution in [0.25, 0.3) is 44.7 Å². The molecule has 3 heterocycles. The minimum Gasteiger partial charge on any atom is -0.429 e. The van der Waals surface area contributed by atoms with Crippen LogP contribution < -0.4 is 9.47 Å². The normalized spacial score (nSPS) is 10.5. The van der Waals surface area contributed by atoms with Gasteiger partial charge in [0, 0.05) is 41.7 Å². The third-order valence-electron chi connectivity index (χ3n) is 7.20. The topological polar surface area (TPSA) is 91.3 Å². The largest absolute Gasteiger partial charge is 0.429 e. The van der Waals surface area contributed by atoms with Crippen molar-refractivity contribution in [2.45, 2.75) is 13.8 Å². The Labute approximate surface area is 254 Å². The van der Waals surface area contributed by atoms with Crippen molar-refractivity contribution in [3.8, 4) is 57.2 Å². The summed E-state index contributed by atoms with van der Waals surface area (Å²) in [5.41, 5.74) is 8.36. The third kappa shape index (κ3) is 5.78. The molecule has 0 aliphatic heterocycles. The van der Waals surface area contributed by atoms with Crippen LogP contribution in [0.2, 0.25) is 0 Å². The van der Waals surface area contributed by atoms with Gasteiger partial charge in [0.05, 0.1) is 22.8 Å². The van der Waals surface area contributed by atoms with E-state index < -0.39 is 0 Å². The predicted molar refractivity (Wildman–Crippen MR) is 169 cm³/mol. The maximum absolute atomic E-state index is 11.2. The molecule has 0 radical (unpaired) electrons. The monoisotopic (exact) mass is 575 g/mol. The summed E-state index contributed by atoms with van der Waals surface area (Å²) in [6.07, 6.45) is 3.16. The lowest BCUT2D eigenvalue weighted by molar-refractivity contribution is -0.121. The quantitative estimate of drug-likeness (QED) is 0.148. The van der Waals surface area contributed by atoms with Gasteiger partial charge in [-0.2, -0.15) is 0 Å². The fourth-order valence-corrected chi connectivity index (χ4v) is 5.24. The number of benzene rings is 3. The zero-order chi connectivity index (χ0) is 30.5. The number of carbonyl (C=O) groups excluding carboxylic acids is 2. The van der Waals surface area contributed by atoms with E-state index in [1.807, 2.05) is 24.3 Å². The van der Waals surface area contributed by atoms with Crippen molar-refractivity contribution in [1.29, 1.82) is 0 Å². The summed E-state index contributed by atoms with van der Waals surface area (Å²) in [4.78, 5) is 35.5. The molecule has 212 valence electrons. The van der Waals surface area contributed by atoms with Crippen LogP contribution in [0.3, 0.4) is 0 Å². The smallest absolute Gasteiger partial charge is 0.298 e. The van der Waals surface area contributed by atoms with Crippen LogP contribution in [0.4, 0.5) is 0 Å². The van der Waals surface area contributed by atoms with E-state index in [1.165, 1.54) is 28.5 Å². The van der Waals surface area contributed by atoms with Crippen molar-refractivity contribution in [2.75, 3.05) is 0 Å². The summed E-state index contributed by atoms with van der Waals surface area (Å²) in [5, 5.41) is 2.22. The second-order valence-electron chi connectivity index (χ2n) is 10.0. The number of rotatable bonds is 7. The van der Waals surface area contributed by atoms with Crippen LogP contribution in [0.5, 0.6) is 11.5 Å². The van der Waals surface area contributed by atoms with Gasteiger partial charge in [-0.3, -0.25) is 19.6 Å². The molecule has 6 rings (SSSR count). The van der Waals surface area contributed by atoms with E-state index in [0.29, 0.717) is 41.5 Å². The van der Waals surface area contributed by atoms with Gasteiger partial charge in [-0.25, -0.2) is 4.98 Å². The SMILES string of the molecule is Cc1cccc(C)c1-c1cccc2c(C#Cc3ccnc(-c4cc(OC=O)cc(-c5cc(OC=O)ccn5)n4)c3)cccc12. The van der Waals surface area contributed by atoms with Gasteiger partial charge in [0.2, 0.25) is 0 Å². The maximum Gasteiger partial charge on any atom is 0.298 e. The highest BCUT2D eigenvalue weighted by atomic mass is 16.5. The van der Waals surface area contributed by atoms with E-state index in [0.717, 1.165) is 21.9 Å². The molecular formula is C37H25N3O4. The number of ether oxygens (including phenoxy) is 2. The highest BCUT2D eigenvalue weighted by molar-refractivity contribution is 6.00. The number of fused-ring (bicyclic) bond motifs is 1. The molecule has 6 aromatic rings. The van der Waals surface area contributed by atoms with E-state index in [9.17, 15) is 9.59 Å². The molecule has 0 fully saturated rings. The molecule has 7 nitrogen and oxygen atoms in total. The lowest BCUT2D eigenvalue weighted by Gasteiger charge is -2.13. The van der Waals surface area contributed by atoms with Crippen LogP contribution in [0.15, 0.2) is 103 Å². The number of carbonyl (C=O) groups is 2. The molecule has 0 saturated heterocycles. The van der Waals surface area contributed by atoms with Gasteiger partial charge in [0.15, 0.2) is 0 Å². The first-order valence-corrected chi connectivity index (χ1v) is 13.8. The van der Waals surface area contributed by atoms with Crippen molar-refractivity contribution in [2.24, 2.45) is 0 Å². The molecule has 7 heteroatoms. The molecule has 0 atom stereocenters. The van der Waals surface area contributed by atoms with Crippen LogP contribution in [-0.2, 0) is 9.59 Å². The minimum absolute atomic E-state index is 0.261. The van der Waals surface area contributed by atoms with E-state index in [2.05, 4.69) is 78.1 Å². The molecule has 0 bridgehead atoms. The van der Waals surface area contributed by atoms with E-state index >= 15 is 0 Å². The Morgan fingerprint density at radius 1 is 0.614 bits per heavy atom. The first-order chi connectivity index (χ1) is 21.5. The maximum atomic E-state index is 11.2. The molecule has 44 heavy (non-hydrogen) atoms. The molecule has 0 N–H and O–H groups in total. The molecule has 0 aliphatic rings. The Hall–Kier alpha value is -6.13. The number of pyridine rings is 3. The summed E-state index contributed by atoms with van der Waals surface area (Å²) in [6.45, 7) is 4.96. The van der Waals surface area contributed by atoms with Gasteiger partial charge in [0.1, 0.15) is 11.5 Å². The Morgan fingerprint density at radius 2 is 1.23 bits per heavy atom. The Balaban J connectivity index is 1.38. The van der Waals surface area contributed by atoms with Gasteiger partial charge in [-0.05, 0) is 71.1 Å². The van der Waals surface area contributed by atoms with Gasteiger partial charge in [-0.1, -0.05) is 60.4 Å². The highest BCUT2D eigenvalue weighted by Gasteiger charge is 2.13. The Morgan fingerprint density at radius 3 is 1.98 bits per heavy atom. The van der Waals surface area contributed by atoms with Crippen LogP contribution in [0.1, 0.15) is 22.3 Å². The molecule has 0 unspecified atom stereocenters. The molecule has 0 saturated carbocycles. The first kappa shape index (κ1) is 28.0. The van der Waals surface area contributed by atoms with Crippen molar-refractivity contribution < 1.29 is 19.1 Å². The minimum atomic E-state index is 0.261. The van der Waals surface area contributed by atoms with Gasteiger partial charge in [-0.15, -0.1) is 0 Å². The van der Waals surface area contributed by atoms with Crippen LogP contribution in [-0.4, -0.2) is 27.9 Å². The Kier molecular flexibility index (Phi) is 7.89. The average molecular weight is 576 g/mol. The van der Waals surface area contributed by atoms with Crippen molar-refractivity contribution in [1.82, 2.24) is 15.0 Å². The first-order valence-electron chi connectivity index (χ1n) is 13.8. The summed E-state index contributed by atoms with van der Waals surface area (Å²) in [7, 11) is 0. The summed E-state index contributed by atoms with van der Waals surface area (Å²) >= 11 is 0. The van der Waals surface area contributed by atoms with Gasteiger partial charge < -0.3 is 9.47 Å². The second kappa shape index (κ2) is 12.4. The zero-order valence-electron chi connectivity index (χ0n) is 23.9. The third-order valence-corrected chi connectivity index (χ3v) is 7.20. The predicted octanol–water partition coefficient (Wildman–Crippen LogP) is 7.11. The highest BCUT2D eigenvalue weighted by Crippen LogP contribution is 2.34. The molecule has 0 spiro atoms. The number of aryl methyl sites for hydroxylation is 2. The van der Waals surface area contributed by atoms with E-state index in [1.54, 1.807) is 30.5 Å². The summed E-state index contributed by atoms with van der Waals surface area (Å²) in [5.74, 6) is 7.21. The second-order valence-corrected chi connectivity index (χ2v) is 10.0. The van der Waals surface area contributed by atoms with Crippen molar-refractivity contribution >= 4 is 23.7 Å². The summed E-state index contributed by atoms with van der Waals surface area (Å²) in [6, 6.07) is 28.9. The Bertz CT molecular complexity index is 2090. The average Bonchev–Trinajstić information content (AvgIpc) is 3.04. The van der Waals surface area contributed by atoms with Crippen LogP contribution in [0, 0.1) is 25.7 Å². The van der Waals surface area contributed by atoms with E-state index in [4.69, 9.17) is 14.5 Å². The summed E-state index contributed by atoms with van der Waals surface area (Å²) < 4.78 is 10.1. The standard InChI is InChI=1S/C37H25N3O4/c1-24-6-3-7-25(2)37(24)32-11-5-9-30-27(8-4-10-31(30)32)13-12-26-14-16-38-33(18-26)35-20-29(44-23-42)21-36(40-35)34-19-28(43-22-41)15-17-39-34/h3-11,14-23H,1-2H3. The lowest BCUT2D eigenvalue weighted by atomic mass is 9.90. The number of nitrogens with zero attached hydrogens (tertiary/aromatic N) is 3. The number of hydrogen-bond acceptors (Lipinski definition) is 7. The van der Waals surface area contributed by atoms with Crippen molar-refractivity contribution in [3.63, 3.8) is 0 Å². The van der Waals surface area contributed by atoms with Gasteiger partial charge in [0.25, 0.3) is 12.9 Å². The van der Waals surface area contributed by atoms with Crippen molar-refractivity contribution in [3.05, 3.63) is 126 Å².